The molecule has 0 saturated carbocycles. The molecule has 1 aromatic rings. The molecular weight excluding hydrogens is 342 g/mol. The Hall–Kier alpha value is -3.30. The Morgan fingerprint density at radius 3 is 2.65 bits per heavy atom. The number of nitrogens with one attached hydrogen (secondary N) is 2. The van der Waals surface area contributed by atoms with E-state index in [1.165, 1.54) is 25.3 Å². The van der Waals surface area contributed by atoms with E-state index < -0.39 is 29.9 Å². The lowest BCUT2D eigenvalue weighted by Gasteiger charge is -2.18. The molecule has 10 heteroatoms. The smallest absolute Gasteiger partial charge is 0.326 e. The van der Waals surface area contributed by atoms with Crippen molar-refractivity contribution in [2.45, 2.75) is 31.8 Å². The molecule has 0 aliphatic heterocycles. The number of carboxylic acid groups (broad SMARTS) is 1. The number of hydrogen-bond acceptors (Lipinski definition) is 5. The van der Waals surface area contributed by atoms with Gasteiger partial charge in [-0.1, -0.05) is 0 Å². The summed E-state index contributed by atoms with van der Waals surface area (Å²) >= 11 is 0. The van der Waals surface area contributed by atoms with Gasteiger partial charge in [0.25, 0.3) is 0 Å². The number of furan rings is 1. The molecule has 1 heterocycles. The number of carbonyl (C=O) groups excluding carboxylic acids is 2. The van der Waals surface area contributed by atoms with Gasteiger partial charge in [-0.05, 0) is 38.0 Å². The summed E-state index contributed by atoms with van der Waals surface area (Å²) in [6.07, 6.45) is 4.65. The van der Waals surface area contributed by atoms with Crippen molar-refractivity contribution in [3.05, 3.63) is 30.2 Å². The van der Waals surface area contributed by atoms with Crippen molar-refractivity contribution >= 4 is 29.8 Å². The molecule has 7 N–H and O–H groups in total. The quantitative estimate of drug-likeness (QED) is 0.160. The Morgan fingerprint density at radius 2 is 2.08 bits per heavy atom. The maximum Gasteiger partial charge on any atom is 0.326 e. The van der Waals surface area contributed by atoms with Crippen LogP contribution >= 0.6 is 0 Å². The van der Waals surface area contributed by atoms with Gasteiger partial charge in [0.15, 0.2) is 5.96 Å². The second-order valence-electron chi connectivity index (χ2n) is 5.43. The summed E-state index contributed by atoms with van der Waals surface area (Å²) < 4.78 is 5.04. The maximum absolute atomic E-state index is 12.1. The van der Waals surface area contributed by atoms with Crippen LogP contribution in [0.5, 0.6) is 0 Å². The average Bonchev–Trinajstić information content (AvgIpc) is 3.08. The number of hydrogen-bond donors (Lipinski definition) is 5. The molecule has 0 saturated heterocycles. The minimum Gasteiger partial charge on any atom is -0.480 e. The summed E-state index contributed by atoms with van der Waals surface area (Å²) in [4.78, 5) is 38.8. The molecule has 142 valence electrons. The number of aliphatic carboxylic acids is 1. The van der Waals surface area contributed by atoms with Crippen LogP contribution in [0.15, 0.2) is 33.9 Å². The van der Waals surface area contributed by atoms with Crippen LogP contribution in [0.4, 0.5) is 0 Å². The van der Waals surface area contributed by atoms with Crippen molar-refractivity contribution in [3.63, 3.8) is 0 Å². The molecule has 0 aromatic carbocycles. The minimum absolute atomic E-state index is 0.0835. The molecule has 1 aromatic heterocycles. The first kappa shape index (κ1) is 20.7. The van der Waals surface area contributed by atoms with Crippen molar-refractivity contribution in [2.24, 2.45) is 16.5 Å². The van der Waals surface area contributed by atoms with Gasteiger partial charge in [-0.15, -0.1) is 0 Å². The van der Waals surface area contributed by atoms with Crippen LogP contribution in [-0.2, 0) is 14.4 Å². The number of carbonyl (C=O) groups is 3. The Kier molecular flexibility index (Phi) is 8.41. The number of amides is 2. The Bertz CT molecular complexity index is 665. The highest BCUT2D eigenvalue weighted by atomic mass is 16.4. The lowest BCUT2D eigenvalue weighted by Crippen LogP contribution is -2.50. The molecule has 0 bridgehead atoms. The van der Waals surface area contributed by atoms with Gasteiger partial charge in [-0.2, -0.15) is 0 Å². The van der Waals surface area contributed by atoms with Crippen LogP contribution in [0.25, 0.3) is 6.08 Å². The summed E-state index contributed by atoms with van der Waals surface area (Å²) in [5, 5.41) is 14.0. The maximum atomic E-state index is 12.1. The third-order valence-electron chi connectivity index (χ3n) is 3.25. The van der Waals surface area contributed by atoms with E-state index in [2.05, 4.69) is 15.6 Å². The van der Waals surface area contributed by atoms with Crippen molar-refractivity contribution in [1.82, 2.24) is 10.6 Å². The number of rotatable bonds is 10. The first-order chi connectivity index (χ1) is 12.3. The average molecular weight is 365 g/mol. The fourth-order valence-electron chi connectivity index (χ4n) is 1.93. The zero-order chi connectivity index (χ0) is 19.5. The van der Waals surface area contributed by atoms with Crippen molar-refractivity contribution in [2.75, 3.05) is 6.54 Å². The molecule has 0 aliphatic rings. The second kappa shape index (κ2) is 10.5. The lowest BCUT2D eigenvalue weighted by atomic mass is 10.1. The first-order valence-corrected chi connectivity index (χ1v) is 7.90. The number of guanidine groups is 1. The summed E-state index contributed by atoms with van der Waals surface area (Å²) in [7, 11) is 0. The molecule has 0 unspecified atom stereocenters. The first-order valence-electron chi connectivity index (χ1n) is 7.90. The van der Waals surface area contributed by atoms with Crippen LogP contribution in [-0.4, -0.2) is 47.5 Å². The van der Waals surface area contributed by atoms with E-state index in [1.807, 2.05) is 0 Å². The molecule has 2 amide bonds. The van der Waals surface area contributed by atoms with E-state index >= 15 is 0 Å². The van der Waals surface area contributed by atoms with Gasteiger partial charge < -0.3 is 31.6 Å². The molecule has 10 nitrogen and oxygen atoms in total. The van der Waals surface area contributed by atoms with Gasteiger partial charge in [0, 0.05) is 12.6 Å². The normalized spacial score (nSPS) is 13.0. The Balaban J connectivity index is 2.47. The molecule has 26 heavy (non-hydrogen) atoms. The third kappa shape index (κ3) is 7.99. The van der Waals surface area contributed by atoms with Crippen LogP contribution in [0, 0.1) is 0 Å². The highest BCUT2D eigenvalue weighted by Gasteiger charge is 2.23. The van der Waals surface area contributed by atoms with Crippen LogP contribution < -0.4 is 22.1 Å². The van der Waals surface area contributed by atoms with Crippen LogP contribution in [0.3, 0.4) is 0 Å². The largest absolute Gasteiger partial charge is 0.480 e. The molecule has 0 fully saturated rings. The fourth-order valence-corrected chi connectivity index (χ4v) is 1.93. The summed E-state index contributed by atoms with van der Waals surface area (Å²) in [6, 6.07) is 1.32. The predicted molar refractivity (Wildman–Crippen MR) is 94.8 cm³/mol. The van der Waals surface area contributed by atoms with Gasteiger partial charge in [-0.25, -0.2) is 4.79 Å². The Labute approximate surface area is 150 Å². The standard InChI is InChI=1S/C16H23N5O5/c1-10(20-13(22)7-6-11-4-3-9-26-11)14(23)21-12(15(24)25)5-2-8-19-16(17)18/h3-4,6-7,9-10,12H,2,5,8H2,1H3,(H,20,22)(H,21,23)(H,24,25)(H4,17,18,19)/b7-6+/t10-,12+/m0/s1. The molecule has 0 aliphatic carbocycles. The minimum atomic E-state index is -1.18. The van der Waals surface area contributed by atoms with Gasteiger partial charge in [-0.3, -0.25) is 14.6 Å². The zero-order valence-corrected chi connectivity index (χ0v) is 14.3. The van der Waals surface area contributed by atoms with Crippen LogP contribution in [0.1, 0.15) is 25.5 Å². The highest BCUT2D eigenvalue weighted by molar-refractivity contribution is 5.95. The number of carboxylic acids is 1. The molecule has 0 spiro atoms. The summed E-state index contributed by atoms with van der Waals surface area (Å²) in [5.74, 6) is -1.90. The Morgan fingerprint density at radius 1 is 1.35 bits per heavy atom. The number of nitrogens with zero attached hydrogens (tertiary/aromatic N) is 1. The second-order valence-corrected chi connectivity index (χ2v) is 5.43. The van der Waals surface area contributed by atoms with Crippen molar-refractivity contribution < 1.29 is 23.9 Å². The van der Waals surface area contributed by atoms with E-state index in [0.717, 1.165) is 0 Å². The van der Waals surface area contributed by atoms with E-state index in [0.29, 0.717) is 12.2 Å². The lowest BCUT2D eigenvalue weighted by molar-refractivity contribution is -0.142. The zero-order valence-electron chi connectivity index (χ0n) is 14.3. The van der Waals surface area contributed by atoms with Gasteiger partial charge in [0.2, 0.25) is 11.8 Å². The predicted octanol–water partition coefficient (Wildman–Crippen LogP) is -0.579. The topological polar surface area (TPSA) is 173 Å². The van der Waals surface area contributed by atoms with Gasteiger partial charge in [0.1, 0.15) is 17.8 Å². The number of aliphatic imine (C=N–C) groups is 1. The van der Waals surface area contributed by atoms with E-state index in [1.54, 1.807) is 12.1 Å². The van der Waals surface area contributed by atoms with Crippen molar-refractivity contribution in [3.8, 4) is 0 Å². The van der Waals surface area contributed by atoms with Gasteiger partial charge in [0.05, 0.1) is 6.26 Å². The van der Waals surface area contributed by atoms with E-state index in [9.17, 15) is 19.5 Å². The highest BCUT2D eigenvalue weighted by Crippen LogP contribution is 2.02. The molecule has 2 atom stereocenters. The monoisotopic (exact) mass is 365 g/mol. The van der Waals surface area contributed by atoms with Crippen molar-refractivity contribution in [1.29, 1.82) is 0 Å². The molecule has 1 rings (SSSR count). The fraction of sp³-hybridized carbons (Fsp3) is 0.375. The molecular formula is C16H23N5O5. The van der Waals surface area contributed by atoms with E-state index in [-0.39, 0.29) is 18.9 Å². The third-order valence-corrected chi connectivity index (χ3v) is 3.25. The SMILES string of the molecule is C[C@H](NC(=O)/C=C/c1ccco1)C(=O)N[C@H](CCCN=C(N)N)C(=O)O. The van der Waals surface area contributed by atoms with E-state index in [4.69, 9.17) is 15.9 Å². The molecule has 0 radical (unpaired) electrons. The van der Waals surface area contributed by atoms with Gasteiger partial charge >= 0.3 is 5.97 Å². The summed E-state index contributed by atoms with van der Waals surface area (Å²) in [6.45, 7) is 1.71. The van der Waals surface area contributed by atoms with Crippen LogP contribution in [0.2, 0.25) is 0 Å². The summed E-state index contributed by atoms with van der Waals surface area (Å²) in [5.41, 5.74) is 10.4. The number of nitrogens with two attached hydrogens (primary N) is 2.